The second-order valence-electron chi connectivity index (χ2n) is 3.79. The quantitative estimate of drug-likeness (QED) is 0.730. The number of sulfonamides is 1. The van der Waals surface area contributed by atoms with Gasteiger partial charge in [0.25, 0.3) is 0 Å². The molecule has 0 atom stereocenters. The maximum atomic E-state index is 12.0. The Hall–Kier alpha value is -1.58. The average molecular weight is 268 g/mol. The topological polar surface area (TPSA) is 70.4 Å². The van der Waals surface area contributed by atoms with Gasteiger partial charge >= 0.3 is 0 Å². The van der Waals surface area contributed by atoms with Gasteiger partial charge in [0.2, 0.25) is 10.0 Å². The van der Waals surface area contributed by atoms with E-state index in [0.29, 0.717) is 24.3 Å². The van der Waals surface area contributed by atoms with Crippen molar-refractivity contribution in [2.75, 3.05) is 30.8 Å². The fourth-order valence-corrected chi connectivity index (χ4v) is 2.65. The number of benzene rings is 1. The molecule has 6 heteroatoms. The molecule has 18 heavy (non-hydrogen) atoms. The molecule has 98 valence electrons. The largest absolute Gasteiger partial charge is 0.385 e. The van der Waals surface area contributed by atoms with Crippen LogP contribution in [0.4, 0.5) is 5.69 Å². The van der Waals surface area contributed by atoms with E-state index in [1.54, 1.807) is 24.3 Å². The van der Waals surface area contributed by atoms with Crippen LogP contribution in [-0.4, -0.2) is 34.9 Å². The van der Waals surface area contributed by atoms with Crippen molar-refractivity contribution in [1.82, 2.24) is 0 Å². The van der Waals surface area contributed by atoms with Crippen molar-refractivity contribution in [3.05, 3.63) is 29.8 Å². The van der Waals surface area contributed by atoms with Gasteiger partial charge in [0.15, 0.2) is 0 Å². The highest BCUT2D eigenvalue weighted by Crippen LogP contribution is 2.18. The van der Waals surface area contributed by atoms with Gasteiger partial charge in [0, 0.05) is 20.8 Å². The molecule has 0 fully saturated rings. The van der Waals surface area contributed by atoms with Crippen molar-refractivity contribution in [3.63, 3.8) is 0 Å². The fourth-order valence-electron chi connectivity index (χ4n) is 1.45. The van der Waals surface area contributed by atoms with Crippen LogP contribution in [0.25, 0.3) is 0 Å². The maximum absolute atomic E-state index is 12.0. The Kier molecular flexibility index (Phi) is 5.13. The minimum Gasteiger partial charge on any atom is -0.385 e. The zero-order chi connectivity index (χ0) is 13.6. The van der Waals surface area contributed by atoms with Gasteiger partial charge in [-0.1, -0.05) is 6.07 Å². The summed E-state index contributed by atoms with van der Waals surface area (Å²) in [6, 6.07) is 8.49. The minimum absolute atomic E-state index is 0.0219. The highest BCUT2D eigenvalue weighted by molar-refractivity contribution is 7.92. The second-order valence-corrected chi connectivity index (χ2v) is 5.91. The summed E-state index contributed by atoms with van der Waals surface area (Å²) in [5.74, 6) is 0.0219. The summed E-state index contributed by atoms with van der Waals surface area (Å²) >= 11 is 0. The van der Waals surface area contributed by atoms with Crippen LogP contribution in [0.1, 0.15) is 12.0 Å². The Morgan fingerprint density at radius 2 is 2.17 bits per heavy atom. The number of ether oxygens (including phenoxy) is 1. The monoisotopic (exact) mass is 268 g/mol. The van der Waals surface area contributed by atoms with E-state index in [-0.39, 0.29) is 5.75 Å². The van der Waals surface area contributed by atoms with Crippen LogP contribution < -0.4 is 4.31 Å². The molecule has 5 nitrogen and oxygen atoms in total. The standard InChI is InChI=1S/C12H16N2O3S/c1-14(18(15,16)8-4-7-17-2)12-6-3-5-11(9-12)10-13/h3,5-6,9H,4,7-8H2,1-2H3. The first kappa shape index (κ1) is 14.5. The molecular weight excluding hydrogens is 252 g/mol. The van der Waals surface area contributed by atoms with Crippen LogP contribution in [0.2, 0.25) is 0 Å². The molecule has 0 radical (unpaired) electrons. The van der Waals surface area contributed by atoms with Crippen molar-refractivity contribution in [1.29, 1.82) is 5.26 Å². The number of anilines is 1. The van der Waals surface area contributed by atoms with Crippen molar-refractivity contribution in [2.24, 2.45) is 0 Å². The van der Waals surface area contributed by atoms with Gasteiger partial charge in [-0.2, -0.15) is 5.26 Å². The molecular formula is C12H16N2O3S. The number of nitriles is 1. The normalized spacial score (nSPS) is 10.9. The van der Waals surface area contributed by atoms with Gasteiger partial charge in [-0.15, -0.1) is 0 Å². The number of rotatable bonds is 6. The molecule has 0 aliphatic rings. The summed E-state index contributed by atoms with van der Waals surface area (Å²) in [7, 11) is -0.347. The third-order valence-electron chi connectivity index (χ3n) is 2.51. The lowest BCUT2D eigenvalue weighted by molar-refractivity contribution is 0.199. The van der Waals surface area contributed by atoms with E-state index in [1.807, 2.05) is 6.07 Å². The molecule has 1 aromatic carbocycles. The van der Waals surface area contributed by atoms with Gasteiger partial charge in [-0.3, -0.25) is 4.31 Å². The lowest BCUT2D eigenvalue weighted by Gasteiger charge is -2.19. The van der Waals surface area contributed by atoms with E-state index >= 15 is 0 Å². The van der Waals surface area contributed by atoms with E-state index in [4.69, 9.17) is 10.00 Å². The lowest BCUT2D eigenvalue weighted by Crippen LogP contribution is -2.29. The van der Waals surface area contributed by atoms with E-state index in [2.05, 4.69) is 0 Å². The lowest BCUT2D eigenvalue weighted by atomic mass is 10.2. The highest BCUT2D eigenvalue weighted by atomic mass is 32.2. The molecule has 1 aromatic rings. The molecule has 0 heterocycles. The van der Waals surface area contributed by atoms with Crippen LogP contribution in [-0.2, 0) is 14.8 Å². The van der Waals surface area contributed by atoms with Crippen LogP contribution in [0.3, 0.4) is 0 Å². The predicted octanol–water partition coefficient (Wildman–Crippen LogP) is 1.36. The molecule has 0 aliphatic carbocycles. The SMILES string of the molecule is COCCCS(=O)(=O)N(C)c1cccc(C#N)c1. The van der Waals surface area contributed by atoms with Gasteiger partial charge in [0.1, 0.15) is 0 Å². The molecule has 0 saturated heterocycles. The molecule has 0 bridgehead atoms. The minimum atomic E-state index is -3.37. The van der Waals surface area contributed by atoms with Crippen molar-refractivity contribution >= 4 is 15.7 Å². The van der Waals surface area contributed by atoms with Crippen LogP contribution in [0, 0.1) is 11.3 Å². The Labute approximate surface area is 108 Å². The summed E-state index contributed by atoms with van der Waals surface area (Å²) in [6.07, 6.45) is 0.446. The van der Waals surface area contributed by atoms with Gasteiger partial charge < -0.3 is 4.74 Å². The molecule has 0 aromatic heterocycles. The Balaban J connectivity index is 2.85. The van der Waals surface area contributed by atoms with E-state index < -0.39 is 10.0 Å². The summed E-state index contributed by atoms with van der Waals surface area (Å²) in [5, 5.41) is 8.79. The fraction of sp³-hybridized carbons (Fsp3) is 0.417. The zero-order valence-corrected chi connectivity index (χ0v) is 11.3. The first-order valence-corrected chi connectivity index (χ1v) is 7.08. The molecule has 0 saturated carbocycles. The summed E-state index contributed by atoms with van der Waals surface area (Å²) in [5.41, 5.74) is 0.929. The molecule has 0 amide bonds. The summed E-state index contributed by atoms with van der Waals surface area (Å²) in [4.78, 5) is 0. The first-order chi connectivity index (χ1) is 8.51. The molecule has 0 spiro atoms. The Morgan fingerprint density at radius 1 is 1.44 bits per heavy atom. The molecule has 0 aliphatic heterocycles. The molecule has 1 rings (SSSR count). The van der Waals surface area contributed by atoms with E-state index in [9.17, 15) is 8.42 Å². The second kappa shape index (κ2) is 6.38. The Bertz CT molecular complexity index is 534. The van der Waals surface area contributed by atoms with E-state index in [1.165, 1.54) is 18.5 Å². The third kappa shape index (κ3) is 3.72. The number of hydrogen-bond acceptors (Lipinski definition) is 4. The predicted molar refractivity (Wildman–Crippen MR) is 69.8 cm³/mol. The van der Waals surface area contributed by atoms with Crippen LogP contribution >= 0.6 is 0 Å². The average Bonchev–Trinajstić information content (AvgIpc) is 2.38. The van der Waals surface area contributed by atoms with Crippen molar-refractivity contribution in [3.8, 4) is 6.07 Å². The first-order valence-electron chi connectivity index (χ1n) is 5.47. The third-order valence-corrected chi connectivity index (χ3v) is 4.36. The maximum Gasteiger partial charge on any atom is 0.234 e. The molecule has 0 N–H and O–H groups in total. The van der Waals surface area contributed by atoms with Gasteiger partial charge in [0.05, 0.1) is 23.1 Å². The van der Waals surface area contributed by atoms with Gasteiger partial charge in [-0.05, 0) is 24.6 Å². The van der Waals surface area contributed by atoms with Crippen molar-refractivity contribution < 1.29 is 13.2 Å². The summed E-state index contributed by atoms with van der Waals surface area (Å²) in [6.45, 7) is 0.408. The highest BCUT2D eigenvalue weighted by Gasteiger charge is 2.18. The summed E-state index contributed by atoms with van der Waals surface area (Å²) < 4.78 is 30.0. The smallest absolute Gasteiger partial charge is 0.234 e. The van der Waals surface area contributed by atoms with E-state index in [0.717, 1.165) is 0 Å². The zero-order valence-electron chi connectivity index (χ0n) is 10.5. The Morgan fingerprint density at radius 3 is 2.78 bits per heavy atom. The molecule has 0 unspecified atom stereocenters. The van der Waals surface area contributed by atoms with Crippen LogP contribution in [0.5, 0.6) is 0 Å². The number of methoxy groups -OCH3 is 1. The van der Waals surface area contributed by atoms with Crippen LogP contribution in [0.15, 0.2) is 24.3 Å². The number of nitrogens with zero attached hydrogens (tertiary/aromatic N) is 2. The van der Waals surface area contributed by atoms with Gasteiger partial charge in [-0.25, -0.2) is 8.42 Å². The number of hydrogen-bond donors (Lipinski definition) is 0. The van der Waals surface area contributed by atoms with Crippen molar-refractivity contribution in [2.45, 2.75) is 6.42 Å².